The fraction of sp³-hybridized carbons (Fsp3) is 0.655. The minimum Gasteiger partial charge on any atom is -0.481 e. The van der Waals surface area contributed by atoms with Crippen molar-refractivity contribution < 1.29 is 82.8 Å². The topological polar surface area (TPSA) is 475 Å². The highest BCUT2D eigenvalue weighted by molar-refractivity contribution is 7.80. The summed E-state index contributed by atoms with van der Waals surface area (Å²) in [5.74, 6) is -15.3. The molecule has 0 aliphatic rings. The lowest BCUT2D eigenvalue weighted by molar-refractivity contribution is -0.142. The molecule has 0 aliphatic heterocycles. The predicted octanol–water partition coefficient (Wildman–Crippen LogP) is -2.69. The quantitative estimate of drug-likeness (QED) is 0.0234. The summed E-state index contributed by atoms with van der Waals surface area (Å²) in [7, 11) is 0. The number of benzene rings is 1. The average Bonchev–Trinajstić information content (AvgIpc) is 3.48. The summed E-state index contributed by atoms with van der Waals surface area (Å²) in [6, 6.07) is -6.07. The van der Waals surface area contributed by atoms with Gasteiger partial charge in [-0.05, 0) is 80.7 Å². The number of rotatable bonds is 41. The first-order valence-corrected chi connectivity index (χ1v) is 28.8. The van der Waals surface area contributed by atoms with Crippen LogP contribution in [0.25, 0.3) is 0 Å². The van der Waals surface area contributed by atoms with E-state index < -0.39 is 170 Å². The van der Waals surface area contributed by atoms with Gasteiger partial charge in [-0.25, -0.2) is 4.79 Å². The first-order chi connectivity index (χ1) is 39.8. The number of aliphatic carboxylic acids is 3. The highest BCUT2D eigenvalue weighted by Gasteiger charge is 2.36. The van der Waals surface area contributed by atoms with Gasteiger partial charge in [0.2, 0.25) is 59.1 Å². The van der Waals surface area contributed by atoms with Crippen LogP contribution in [0.5, 0.6) is 0 Å². The third-order valence-electron chi connectivity index (χ3n) is 12.9. The monoisotopic (exact) mass is 1220 g/mol. The largest absolute Gasteiger partial charge is 0.481 e. The second-order valence-electron chi connectivity index (χ2n) is 22.2. The first kappa shape index (κ1) is 75.6. The fourth-order valence-electron chi connectivity index (χ4n) is 8.24. The Morgan fingerprint density at radius 1 is 0.482 bits per heavy atom. The van der Waals surface area contributed by atoms with Crippen molar-refractivity contribution in [3.63, 3.8) is 0 Å². The summed E-state index contributed by atoms with van der Waals surface area (Å²) >= 11 is 4.13. The molecule has 0 aliphatic carbocycles. The molecule has 478 valence electrons. The highest BCUT2D eigenvalue weighted by Crippen LogP contribution is 2.13. The van der Waals surface area contributed by atoms with Gasteiger partial charge in [0.05, 0.1) is 25.6 Å². The lowest BCUT2D eigenvalue weighted by Gasteiger charge is -2.28. The number of carboxylic acids is 3. The van der Waals surface area contributed by atoms with Crippen LogP contribution in [0, 0.1) is 23.7 Å². The number of carbonyl (C=O) groups is 13. The molecular weight excluding hydrogens is 1130 g/mol. The number of nitrogens with one attached hydrogen (secondary N) is 10. The molecule has 0 spiro atoms. The van der Waals surface area contributed by atoms with Gasteiger partial charge < -0.3 is 85.1 Å². The molecule has 1 rings (SSSR count). The SMILES string of the molecule is CC(C)C[C@H](NC(=O)CNC(=O)[C@H](CS)NC(=O)[C@H](CO)NC(=O)[C@H](CCCCN)NC(=O)[C@H](CC(C)C)NC(=O)[C@H](CC(=O)O)NC(=O)[C@H](CCC(=O)O)NC(=O)[C@H](CC(C)C)NC(=O)[C@@H](N)C(C)C)C(=O)N[C@@H](Cc1ccccc1)C(=O)O. The Kier molecular flexibility index (Phi) is 34.9. The molecule has 10 amide bonds. The van der Waals surface area contributed by atoms with Crippen molar-refractivity contribution in [2.45, 2.75) is 180 Å². The molecule has 0 heterocycles. The van der Waals surface area contributed by atoms with Gasteiger partial charge in [0, 0.05) is 18.6 Å². The number of nitrogens with two attached hydrogens (primary N) is 2. The molecule has 1 aromatic carbocycles. The Bertz CT molecular complexity index is 2420. The standard InChI is InChI=1S/C55H90N12O17S/c1-28(2)20-35(49(77)65-39(55(83)84)23-32-14-10-9-11-15-32)59-42(69)25-58-46(74)41(27-85)67-53(81)40(26-68)66-47(75)33(16-12-13-19-56)60-50(78)36(21-29(3)4)62-52(80)38(24-44(72)73)63-48(76)34(17-18-43(70)71)61-51(79)37(22-30(5)6)64-54(82)45(57)31(7)8/h9-11,14-15,28-31,33-41,45,68,85H,12-13,16-27,56-57H2,1-8H3,(H,58,74)(H,59,69)(H,60,78)(H,61,79)(H,62,80)(H,63,76)(H,64,82)(H,65,77)(H,66,75)(H,67,81)(H,70,71)(H,72,73)(H,83,84)/t33-,34-,35-,36-,37-,38-,39-,40-,41-,45-/m0/s1. The number of amides is 10. The lowest BCUT2D eigenvalue weighted by Crippen LogP contribution is -2.61. The van der Waals surface area contributed by atoms with Crippen LogP contribution in [0.3, 0.4) is 0 Å². The number of aliphatic hydroxyl groups is 1. The van der Waals surface area contributed by atoms with E-state index in [0.29, 0.717) is 12.0 Å². The Morgan fingerprint density at radius 2 is 0.894 bits per heavy atom. The molecule has 0 fully saturated rings. The summed E-state index contributed by atoms with van der Waals surface area (Å²) in [5.41, 5.74) is 12.3. The van der Waals surface area contributed by atoms with E-state index in [1.807, 2.05) is 0 Å². The van der Waals surface area contributed by atoms with Gasteiger partial charge in [-0.3, -0.25) is 57.5 Å². The van der Waals surface area contributed by atoms with E-state index in [9.17, 15) is 82.8 Å². The summed E-state index contributed by atoms with van der Waals surface area (Å²) in [4.78, 5) is 171. The molecule has 1 aromatic rings. The van der Waals surface area contributed by atoms with Gasteiger partial charge in [-0.15, -0.1) is 0 Å². The Balaban J connectivity index is 3.29. The summed E-state index contributed by atoms with van der Waals surface area (Å²) < 4.78 is 0. The molecule has 0 saturated carbocycles. The zero-order valence-corrected chi connectivity index (χ0v) is 50.5. The van der Waals surface area contributed by atoms with Gasteiger partial charge in [0.15, 0.2) is 0 Å². The molecular formula is C55H90N12O17S. The van der Waals surface area contributed by atoms with Gasteiger partial charge in [-0.2, -0.15) is 12.6 Å². The smallest absolute Gasteiger partial charge is 0.326 e. The van der Waals surface area contributed by atoms with Crippen molar-refractivity contribution in [3.05, 3.63) is 35.9 Å². The maximum absolute atomic E-state index is 14.1. The van der Waals surface area contributed by atoms with Crippen LogP contribution in [0.2, 0.25) is 0 Å². The lowest BCUT2D eigenvalue weighted by atomic mass is 9.99. The van der Waals surface area contributed by atoms with Crippen LogP contribution in [0.1, 0.15) is 119 Å². The minimum atomic E-state index is -1.94. The molecule has 85 heavy (non-hydrogen) atoms. The average molecular weight is 1220 g/mol. The van der Waals surface area contributed by atoms with Gasteiger partial charge in [0.25, 0.3) is 0 Å². The van der Waals surface area contributed by atoms with E-state index in [4.69, 9.17) is 11.5 Å². The summed E-state index contributed by atoms with van der Waals surface area (Å²) in [5, 5.41) is 63.4. The number of carboxylic acid groups (broad SMARTS) is 3. The van der Waals surface area contributed by atoms with E-state index in [2.05, 4.69) is 65.8 Å². The second kappa shape index (κ2) is 39.2. The van der Waals surface area contributed by atoms with Gasteiger partial charge in [-0.1, -0.05) is 85.7 Å². The van der Waals surface area contributed by atoms with Crippen molar-refractivity contribution in [2.24, 2.45) is 35.1 Å². The zero-order chi connectivity index (χ0) is 64.7. The molecule has 0 radical (unpaired) electrons. The molecule has 0 aromatic heterocycles. The Morgan fingerprint density at radius 3 is 1.34 bits per heavy atom. The molecule has 0 saturated heterocycles. The first-order valence-electron chi connectivity index (χ1n) is 28.2. The van der Waals surface area contributed by atoms with E-state index in [1.54, 1.807) is 85.7 Å². The number of hydrogen-bond acceptors (Lipinski definition) is 17. The van der Waals surface area contributed by atoms with Crippen LogP contribution in [0.4, 0.5) is 0 Å². The summed E-state index contributed by atoms with van der Waals surface area (Å²) in [6.07, 6.45) is -1.82. The number of thiol groups is 1. The van der Waals surface area contributed by atoms with Gasteiger partial charge in [0.1, 0.15) is 54.4 Å². The maximum atomic E-state index is 14.1. The maximum Gasteiger partial charge on any atom is 0.326 e. The third-order valence-corrected chi connectivity index (χ3v) is 13.2. The minimum absolute atomic E-state index is 0.0367. The molecule has 29 nitrogen and oxygen atoms in total. The van der Waals surface area contributed by atoms with Crippen molar-refractivity contribution >= 4 is 89.6 Å². The van der Waals surface area contributed by atoms with Gasteiger partial charge >= 0.3 is 17.9 Å². The Hall–Kier alpha value is -7.44. The highest BCUT2D eigenvalue weighted by atomic mass is 32.1. The van der Waals surface area contributed by atoms with Crippen molar-refractivity contribution in [1.82, 2.24) is 53.2 Å². The summed E-state index contributed by atoms with van der Waals surface area (Å²) in [6.45, 7) is 12.2. The van der Waals surface area contributed by atoms with E-state index in [-0.39, 0.29) is 74.5 Å². The second-order valence-corrected chi connectivity index (χ2v) is 22.6. The zero-order valence-electron chi connectivity index (χ0n) is 49.6. The van der Waals surface area contributed by atoms with Crippen LogP contribution < -0.4 is 64.6 Å². The predicted molar refractivity (Wildman–Crippen MR) is 312 cm³/mol. The number of carbonyl (C=O) groups excluding carboxylic acids is 10. The number of unbranched alkanes of at least 4 members (excludes halogenated alkanes) is 1. The van der Waals surface area contributed by atoms with Crippen molar-refractivity contribution in [1.29, 1.82) is 0 Å². The van der Waals surface area contributed by atoms with Crippen LogP contribution >= 0.6 is 12.6 Å². The van der Waals surface area contributed by atoms with Crippen LogP contribution in [-0.4, -0.2) is 183 Å². The van der Waals surface area contributed by atoms with Crippen molar-refractivity contribution in [2.75, 3.05) is 25.4 Å². The number of aliphatic hydroxyl groups excluding tert-OH is 1. The molecule has 10 atom stereocenters. The number of hydrogen-bond donors (Lipinski definition) is 17. The van der Waals surface area contributed by atoms with Crippen molar-refractivity contribution in [3.8, 4) is 0 Å². The van der Waals surface area contributed by atoms with Crippen LogP contribution in [-0.2, 0) is 68.7 Å². The normalized spacial score (nSPS) is 14.8. The van der Waals surface area contributed by atoms with E-state index >= 15 is 0 Å². The molecule has 0 unspecified atom stereocenters. The molecule has 30 heteroatoms. The molecule has 18 N–H and O–H groups in total. The molecule has 0 bridgehead atoms. The Labute approximate surface area is 500 Å². The van der Waals surface area contributed by atoms with E-state index in [0.717, 1.165) is 0 Å². The third kappa shape index (κ3) is 29.8. The fourth-order valence-corrected chi connectivity index (χ4v) is 8.50. The van der Waals surface area contributed by atoms with E-state index in [1.165, 1.54) is 0 Å². The van der Waals surface area contributed by atoms with Crippen LogP contribution in [0.15, 0.2) is 30.3 Å².